The fourth-order valence-electron chi connectivity index (χ4n) is 2.33. The molecule has 3 N–H and O–H groups in total. The number of aryl methyl sites for hydroxylation is 1. The van der Waals surface area contributed by atoms with E-state index in [0.717, 1.165) is 16.9 Å². The number of benzene rings is 1. The van der Waals surface area contributed by atoms with Gasteiger partial charge < -0.3 is 20.7 Å². The molecule has 104 valence electrons. The third-order valence-corrected chi connectivity index (χ3v) is 3.29. The van der Waals surface area contributed by atoms with Crippen LogP contribution in [0.4, 0.5) is 4.79 Å². The standard InChI is InChI=1S/C14H21N3O2/c1-3-19-13-5-4-11(8-10(13)2)12-9-17(7-6-15)14(18)16-12/h4-5,8,12H,3,6-7,9,15H2,1-2H3,(H,16,18). The molecule has 0 spiro atoms. The Bertz CT molecular complexity index is 462. The summed E-state index contributed by atoms with van der Waals surface area (Å²) in [6.45, 7) is 6.40. The fraction of sp³-hybridized carbons (Fsp3) is 0.500. The molecule has 2 amide bonds. The van der Waals surface area contributed by atoms with Gasteiger partial charge in [0.05, 0.1) is 12.6 Å². The van der Waals surface area contributed by atoms with Crippen LogP contribution in [-0.2, 0) is 0 Å². The van der Waals surface area contributed by atoms with Gasteiger partial charge in [-0.15, -0.1) is 0 Å². The summed E-state index contributed by atoms with van der Waals surface area (Å²) in [6.07, 6.45) is 0. The lowest BCUT2D eigenvalue weighted by Crippen LogP contribution is -2.32. The van der Waals surface area contributed by atoms with Crippen molar-refractivity contribution in [3.63, 3.8) is 0 Å². The van der Waals surface area contributed by atoms with Crippen molar-refractivity contribution in [2.75, 3.05) is 26.2 Å². The highest BCUT2D eigenvalue weighted by Gasteiger charge is 2.29. The Morgan fingerprint density at radius 3 is 2.95 bits per heavy atom. The van der Waals surface area contributed by atoms with Crippen molar-refractivity contribution in [3.8, 4) is 5.75 Å². The summed E-state index contributed by atoms with van der Waals surface area (Å²) in [5, 5.41) is 2.97. The Labute approximate surface area is 113 Å². The molecule has 5 nitrogen and oxygen atoms in total. The van der Waals surface area contributed by atoms with Gasteiger partial charge in [0.15, 0.2) is 0 Å². The van der Waals surface area contributed by atoms with Crippen molar-refractivity contribution < 1.29 is 9.53 Å². The minimum Gasteiger partial charge on any atom is -0.494 e. The Kier molecular flexibility index (Phi) is 4.27. The summed E-state index contributed by atoms with van der Waals surface area (Å²) >= 11 is 0. The molecule has 0 aromatic heterocycles. The summed E-state index contributed by atoms with van der Waals surface area (Å²) < 4.78 is 5.52. The van der Waals surface area contributed by atoms with Crippen LogP contribution in [-0.4, -0.2) is 37.2 Å². The molecule has 1 saturated heterocycles. The van der Waals surface area contributed by atoms with Crippen LogP contribution >= 0.6 is 0 Å². The maximum Gasteiger partial charge on any atom is 0.318 e. The zero-order valence-corrected chi connectivity index (χ0v) is 11.5. The van der Waals surface area contributed by atoms with Gasteiger partial charge in [-0.2, -0.15) is 0 Å². The van der Waals surface area contributed by atoms with Crippen LogP contribution in [0.2, 0.25) is 0 Å². The molecule has 1 fully saturated rings. The van der Waals surface area contributed by atoms with Crippen LogP contribution in [0.15, 0.2) is 18.2 Å². The van der Waals surface area contributed by atoms with Crippen molar-refractivity contribution in [1.82, 2.24) is 10.2 Å². The van der Waals surface area contributed by atoms with Crippen molar-refractivity contribution in [3.05, 3.63) is 29.3 Å². The Morgan fingerprint density at radius 2 is 2.32 bits per heavy atom. The first kappa shape index (κ1) is 13.7. The number of nitrogens with zero attached hydrogens (tertiary/aromatic N) is 1. The number of hydrogen-bond acceptors (Lipinski definition) is 3. The normalized spacial score (nSPS) is 18.6. The highest BCUT2D eigenvalue weighted by molar-refractivity contribution is 5.77. The van der Waals surface area contributed by atoms with Crippen LogP contribution < -0.4 is 15.8 Å². The summed E-state index contributed by atoms with van der Waals surface area (Å²) in [5.41, 5.74) is 7.69. The minimum absolute atomic E-state index is 0.0356. The van der Waals surface area contributed by atoms with Gasteiger partial charge in [-0.3, -0.25) is 0 Å². The molecule has 0 saturated carbocycles. The molecule has 1 unspecified atom stereocenters. The molecule has 1 heterocycles. The fourth-order valence-corrected chi connectivity index (χ4v) is 2.33. The predicted molar refractivity (Wildman–Crippen MR) is 74.2 cm³/mol. The maximum absolute atomic E-state index is 11.7. The van der Waals surface area contributed by atoms with Gasteiger partial charge in [0, 0.05) is 19.6 Å². The van der Waals surface area contributed by atoms with Crippen LogP contribution in [0.3, 0.4) is 0 Å². The van der Waals surface area contributed by atoms with E-state index >= 15 is 0 Å². The zero-order valence-electron chi connectivity index (χ0n) is 11.5. The molecule has 1 aromatic rings. The van der Waals surface area contributed by atoms with E-state index in [1.165, 1.54) is 0 Å². The van der Waals surface area contributed by atoms with Crippen molar-refractivity contribution >= 4 is 6.03 Å². The van der Waals surface area contributed by atoms with Gasteiger partial charge in [0.25, 0.3) is 0 Å². The summed E-state index contributed by atoms with van der Waals surface area (Å²) in [7, 11) is 0. The van der Waals surface area contributed by atoms with E-state index in [-0.39, 0.29) is 12.1 Å². The van der Waals surface area contributed by atoms with E-state index in [1.807, 2.05) is 26.0 Å². The number of carbonyl (C=O) groups excluding carboxylic acids is 1. The molecule has 5 heteroatoms. The molecular weight excluding hydrogens is 242 g/mol. The largest absolute Gasteiger partial charge is 0.494 e. The Hall–Kier alpha value is -1.75. The van der Waals surface area contributed by atoms with Gasteiger partial charge >= 0.3 is 6.03 Å². The molecule has 2 rings (SSSR count). The van der Waals surface area contributed by atoms with E-state index in [9.17, 15) is 4.79 Å². The number of rotatable bonds is 5. The molecule has 1 aliphatic heterocycles. The van der Waals surface area contributed by atoms with Gasteiger partial charge in [-0.25, -0.2) is 4.79 Å². The monoisotopic (exact) mass is 263 g/mol. The number of carbonyl (C=O) groups is 1. The van der Waals surface area contributed by atoms with Crippen LogP contribution in [0, 0.1) is 6.92 Å². The highest BCUT2D eigenvalue weighted by atomic mass is 16.5. The second-order valence-electron chi connectivity index (χ2n) is 4.69. The topological polar surface area (TPSA) is 67.6 Å². The number of nitrogens with one attached hydrogen (secondary N) is 1. The van der Waals surface area contributed by atoms with Crippen LogP contribution in [0.5, 0.6) is 5.75 Å². The first-order valence-electron chi connectivity index (χ1n) is 6.64. The number of ether oxygens (including phenoxy) is 1. The lowest BCUT2D eigenvalue weighted by molar-refractivity contribution is 0.218. The lowest BCUT2D eigenvalue weighted by atomic mass is 10.0. The van der Waals surface area contributed by atoms with Gasteiger partial charge in [-0.1, -0.05) is 12.1 Å². The summed E-state index contributed by atoms with van der Waals surface area (Å²) in [6, 6.07) is 6.04. The first-order chi connectivity index (χ1) is 9.15. The van der Waals surface area contributed by atoms with Gasteiger partial charge in [0.1, 0.15) is 5.75 Å². The minimum atomic E-state index is -0.0398. The van der Waals surface area contributed by atoms with E-state index in [2.05, 4.69) is 11.4 Å². The van der Waals surface area contributed by atoms with E-state index in [1.54, 1.807) is 4.90 Å². The summed E-state index contributed by atoms with van der Waals surface area (Å²) in [4.78, 5) is 13.5. The molecule has 0 aliphatic carbocycles. The second-order valence-corrected chi connectivity index (χ2v) is 4.69. The Balaban J connectivity index is 2.11. The average molecular weight is 263 g/mol. The summed E-state index contributed by atoms with van der Waals surface area (Å²) in [5.74, 6) is 0.898. The second kappa shape index (κ2) is 5.93. The molecule has 19 heavy (non-hydrogen) atoms. The molecule has 1 aromatic carbocycles. The quantitative estimate of drug-likeness (QED) is 0.844. The number of hydrogen-bond donors (Lipinski definition) is 2. The average Bonchev–Trinajstić information content (AvgIpc) is 2.74. The number of nitrogens with two attached hydrogens (primary N) is 1. The van der Waals surface area contributed by atoms with Crippen molar-refractivity contribution in [1.29, 1.82) is 0 Å². The Morgan fingerprint density at radius 1 is 1.53 bits per heavy atom. The van der Waals surface area contributed by atoms with Crippen molar-refractivity contribution in [2.24, 2.45) is 5.73 Å². The zero-order chi connectivity index (χ0) is 13.8. The lowest BCUT2D eigenvalue weighted by Gasteiger charge is -2.14. The van der Waals surface area contributed by atoms with E-state index in [4.69, 9.17) is 10.5 Å². The molecule has 1 atom stereocenters. The number of amides is 2. The molecular formula is C14H21N3O2. The first-order valence-corrected chi connectivity index (χ1v) is 6.64. The molecule has 1 aliphatic rings. The molecule has 0 bridgehead atoms. The number of urea groups is 1. The van der Waals surface area contributed by atoms with Crippen molar-refractivity contribution in [2.45, 2.75) is 19.9 Å². The third kappa shape index (κ3) is 2.98. The van der Waals surface area contributed by atoms with Gasteiger partial charge in [0.2, 0.25) is 0 Å². The van der Waals surface area contributed by atoms with E-state index in [0.29, 0.717) is 26.2 Å². The molecule has 0 radical (unpaired) electrons. The van der Waals surface area contributed by atoms with Crippen LogP contribution in [0.1, 0.15) is 24.1 Å². The van der Waals surface area contributed by atoms with E-state index < -0.39 is 0 Å². The van der Waals surface area contributed by atoms with Gasteiger partial charge in [-0.05, 0) is 31.0 Å². The smallest absolute Gasteiger partial charge is 0.318 e. The third-order valence-electron chi connectivity index (χ3n) is 3.29. The SMILES string of the molecule is CCOc1ccc(C2CN(CCN)C(=O)N2)cc1C. The highest BCUT2D eigenvalue weighted by Crippen LogP contribution is 2.25. The maximum atomic E-state index is 11.7. The predicted octanol–water partition coefficient (Wildman–Crippen LogP) is 1.42. The van der Waals surface area contributed by atoms with Crippen LogP contribution in [0.25, 0.3) is 0 Å².